The molecule has 106 valence electrons. The van der Waals surface area contributed by atoms with Gasteiger partial charge in [-0.15, -0.1) is 5.10 Å². The zero-order valence-electron chi connectivity index (χ0n) is 12.2. The Balaban J connectivity index is 2.15. The van der Waals surface area contributed by atoms with Gasteiger partial charge in [-0.25, -0.2) is 4.79 Å². The molecule has 0 bridgehead atoms. The molecule has 1 heterocycles. The van der Waals surface area contributed by atoms with Crippen molar-refractivity contribution in [2.24, 2.45) is 5.92 Å². The van der Waals surface area contributed by atoms with Crippen LogP contribution in [0.5, 0.6) is 0 Å². The Morgan fingerprint density at radius 1 is 1.32 bits per heavy atom. The molecule has 1 aromatic heterocycles. The number of hydrogen-bond donors (Lipinski definition) is 1. The standard InChI is InChI=1S/C14H23N3O2/c1-9-6-5-7-10(8-9)11-12(16-17-15-11)13(18)19-14(2,3)4/h9-10H,5-8H2,1-4H3,(H,15,16,17). The van der Waals surface area contributed by atoms with Crippen molar-refractivity contribution in [3.63, 3.8) is 0 Å². The highest BCUT2D eigenvalue weighted by molar-refractivity contribution is 5.88. The number of hydrogen-bond acceptors (Lipinski definition) is 4. The third kappa shape index (κ3) is 3.55. The minimum atomic E-state index is -0.507. The van der Waals surface area contributed by atoms with E-state index in [4.69, 9.17) is 4.74 Å². The van der Waals surface area contributed by atoms with Crippen LogP contribution in [-0.4, -0.2) is 27.0 Å². The number of carbonyl (C=O) groups is 1. The molecule has 2 atom stereocenters. The van der Waals surface area contributed by atoms with Gasteiger partial charge in [0.2, 0.25) is 0 Å². The molecule has 0 amide bonds. The number of nitrogens with zero attached hydrogens (tertiary/aromatic N) is 2. The topological polar surface area (TPSA) is 67.9 Å². The quantitative estimate of drug-likeness (QED) is 0.834. The van der Waals surface area contributed by atoms with E-state index >= 15 is 0 Å². The minimum absolute atomic E-state index is 0.324. The van der Waals surface area contributed by atoms with E-state index in [0.717, 1.165) is 18.5 Å². The molecule has 1 aliphatic carbocycles. The molecule has 1 saturated carbocycles. The first-order valence-electron chi connectivity index (χ1n) is 7.01. The zero-order chi connectivity index (χ0) is 14.0. The normalized spacial score (nSPS) is 24.2. The predicted molar refractivity (Wildman–Crippen MR) is 71.9 cm³/mol. The van der Waals surface area contributed by atoms with E-state index in [9.17, 15) is 4.79 Å². The fraction of sp³-hybridized carbons (Fsp3) is 0.786. The van der Waals surface area contributed by atoms with Crippen LogP contribution in [0.15, 0.2) is 0 Å². The monoisotopic (exact) mass is 265 g/mol. The molecule has 5 heteroatoms. The smallest absolute Gasteiger partial charge is 0.361 e. The average Bonchev–Trinajstić information content (AvgIpc) is 2.75. The van der Waals surface area contributed by atoms with Crippen LogP contribution in [0.25, 0.3) is 0 Å². The Hall–Kier alpha value is -1.39. The number of H-pyrrole nitrogens is 1. The van der Waals surface area contributed by atoms with Crippen molar-refractivity contribution in [2.75, 3.05) is 0 Å². The van der Waals surface area contributed by atoms with Crippen molar-refractivity contribution < 1.29 is 9.53 Å². The van der Waals surface area contributed by atoms with Crippen molar-refractivity contribution in [3.8, 4) is 0 Å². The van der Waals surface area contributed by atoms with E-state index in [-0.39, 0.29) is 5.97 Å². The van der Waals surface area contributed by atoms with E-state index in [1.54, 1.807) is 0 Å². The molecule has 0 radical (unpaired) electrons. The van der Waals surface area contributed by atoms with Gasteiger partial charge in [0.05, 0.1) is 0 Å². The molecule has 0 spiro atoms. The van der Waals surface area contributed by atoms with Crippen molar-refractivity contribution in [1.29, 1.82) is 0 Å². The lowest BCUT2D eigenvalue weighted by molar-refractivity contribution is 0.00605. The number of aromatic nitrogens is 3. The molecule has 0 saturated heterocycles. The van der Waals surface area contributed by atoms with Crippen molar-refractivity contribution in [3.05, 3.63) is 11.4 Å². The Bertz CT molecular complexity index is 448. The Labute approximate surface area is 114 Å². The van der Waals surface area contributed by atoms with E-state index in [2.05, 4.69) is 22.3 Å². The van der Waals surface area contributed by atoms with Crippen LogP contribution < -0.4 is 0 Å². The summed E-state index contributed by atoms with van der Waals surface area (Å²) in [6.07, 6.45) is 4.59. The maximum Gasteiger partial charge on any atom is 0.361 e. The molecule has 19 heavy (non-hydrogen) atoms. The third-order valence-corrected chi connectivity index (χ3v) is 3.49. The second-order valence-corrected chi connectivity index (χ2v) is 6.53. The van der Waals surface area contributed by atoms with E-state index in [1.165, 1.54) is 12.8 Å². The number of carbonyl (C=O) groups excluding carboxylic acids is 1. The Morgan fingerprint density at radius 3 is 2.68 bits per heavy atom. The van der Waals surface area contributed by atoms with Gasteiger partial charge in [0.25, 0.3) is 0 Å². The maximum absolute atomic E-state index is 12.1. The van der Waals surface area contributed by atoms with Crippen LogP contribution in [0.2, 0.25) is 0 Å². The van der Waals surface area contributed by atoms with Gasteiger partial charge in [0.1, 0.15) is 11.3 Å². The predicted octanol–water partition coefficient (Wildman–Crippen LogP) is 3.05. The Kier molecular flexibility index (Phi) is 3.92. The fourth-order valence-electron chi connectivity index (χ4n) is 2.68. The largest absolute Gasteiger partial charge is 0.455 e. The molecule has 5 nitrogen and oxygen atoms in total. The van der Waals surface area contributed by atoms with Gasteiger partial charge in [0, 0.05) is 5.92 Å². The van der Waals surface area contributed by atoms with Gasteiger partial charge in [-0.05, 0) is 39.5 Å². The number of nitrogens with one attached hydrogen (secondary N) is 1. The first kappa shape index (κ1) is 14.0. The van der Waals surface area contributed by atoms with Crippen molar-refractivity contribution in [2.45, 2.75) is 64.9 Å². The van der Waals surface area contributed by atoms with Crippen molar-refractivity contribution >= 4 is 5.97 Å². The molecule has 0 aromatic carbocycles. The number of ether oxygens (including phenoxy) is 1. The summed E-state index contributed by atoms with van der Waals surface area (Å²) in [6.45, 7) is 7.81. The van der Waals surface area contributed by atoms with Crippen LogP contribution in [0.1, 0.15) is 75.5 Å². The van der Waals surface area contributed by atoms with Gasteiger partial charge in [-0.2, -0.15) is 10.3 Å². The van der Waals surface area contributed by atoms with Gasteiger partial charge in [-0.3, -0.25) is 0 Å². The van der Waals surface area contributed by atoms with E-state index in [0.29, 0.717) is 17.5 Å². The van der Waals surface area contributed by atoms with Gasteiger partial charge >= 0.3 is 5.97 Å². The van der Waals surface area contributed by atoms with Crippen LogP contribution >= 0.6 is 0 Å². The number of aromatic amines is 1. The minimum Gasteiger partial charge on any atom is -0.455 e. The molecular formula is C14H23N3O2. The van der Waals surface area contributed by atoms with E-state index in [1.807, 2.05) is 20.8 Å². The molecular weight excluding hydrogens is 242 g/mol. The van der Waals surface area contributed by atoms with Crippen LogP contribution in [0.3, 0.4) is 0 Å². The molecule has 2 unspecified atom stereocenters. The van der Waals surface area contributed by atoms with E-state index < -0.39 is 5.60 Å². The summed E-state index contributed by atoms with van der Waals surface area (Å²) in [6, 6.07) is 0. The molecule has 0 aliphatic heterocycles. The highest BCUT2D eigenvalue weighted by atomic mass is 16.6. The molecule has 1 aromatic rings. The summed E-state index contributed by atoms with van der Waals surface area (Å²) >= 11 is 0. The zero-order valence-corrected chi connectivity index (χ0v) is 12.2. The fourth-order valence-corrected chi connectivity index (χ4v) is 2.68. The third-order valence-electron chi connectivity index (χ3n) is 3.49. The molecule has 2 rings (SSSR count). The highest BCUT2D eigenvalue weighted by Crippen LogP contribution is 2.36. The van der Waals surface area contributed by atoms with Crippen molar-refractivity contribution in [1.82, 2.24) is 15.4 Å². The lowest BCUT2D eigenvalue weighted by Gasteiger charge is -2.26. The maximum atomic E-state index is 12.1. The second kappa shape index (κ2) is 5.31. The van der Waals surface area contributed by atoms with Crippen LogP contribution in [0.4, 0.5) is 0 Å². The summed E-state index contributed by atoms with van der Waals surface area (Å²) in [5, 5.41) is 10.8. The molecule has 1 N–H and O–H groups in total. The lowest BCUT2D eigenvalue weighted by atomic mass is 9.80. The SMILES string of the molecule is CC1CCCC(c2n[nH]nc2C(=O)OC(C)(C)C)C1. The summed E-state index contributed by atoms with van der Waals surface area (Å²) in [5.74, 6) is 0.626. The van der Waals surface area contributed by atoms with Gasteiger partial charge in [-0.1, -0.05) is 19.8 Å². The van der Waals surface area contributed by atoms with Gasteiger partial charge < -0.3 is 4.74 Å². The van der Waals surface area contributed by atoms with Crippen LogP contribution in [-0.2, 0) is 4.74 Å². The first-order valence-corrected chi connectivity index (χ1v) is 7.01. The number of rotatable bonds is 2. The molecule has 1 fully saturated rings. The first-order chi connectivity index (χ1) is 8.87. The summed E-state index contributed by atoms with van der Waals surface area (Å²) in [5.41, 5.74) is 0.627. The summed E-state index contributed by atoms with van der Waals surface area (Å²) in [7, 11) is 0. The lowest BCUT2D eigenvalue weighted by Crippen LogP contribution is -2.25. The van der Waals surface area contributed by atoms with Crippen LogP contribution in [0, 0.1) is 5.92 Å². The average molecular weight is 265 g/mol. The number of esters is 1. The highest BCUT2D eigenvalue weighted by Gasteiger charge is 2.30. The van der Waals surface area contributed by atoms with Gasteiger partial charge in [0.15, 0.2) is 5.69 Å². The summed E-state index contributed by atoms with van der Waals surface area (Å²) < 4.78 is 5.38. The summed E-state index contributed by atoms with van der Waals surface area (Å²) in [4.78, 5) is 12.1. The second-order valence-electron chi connectivity index (χ2n) is 6.53. The molecule has 1 aliphatic rings. The Morgan fingerprint density at radius 2 is 2.05 bits per heavy atom.